The van der Waals surface area contributed by atoms with Crippen molar-refractivity contribution < 1.29 is 9.59 Å². The van der Waals surface area contributed by atoms with Crippen LogP contribution in [0.5, 0.6) is 0 Å². The van der Waals surface area contributed by atoms with Crippen LogP contribution in [0.1, 0.15) is 33.6 Å². The van der Waals surface area contributed by atoms with E-state index >= 15 is 0 Å². The number of piperidine rings is 1. The Morgan fingerprint density at radius 2 is 2.20 bits per heavy atom. The molecule has 1 aromatic rings. The van der Waals surface area contributed by atoms with Crippen molar-refractivity contribution in [1.29, 1.82) is 0 Å². The molecule has 1 unspecified atom stereocenters. The first-order valence-corrected chi connectivity index (χ1v) is 7.62. The zero-order valence-corrected chi connectivity index (χ0v) is 12.9. The molecule has 0 radical (unpaired) electrons. The molecule has 6 nitrogen and oxygen atoms in total. The Hall–Kier alpha value is -1.50. The van der Waals surface area contributed by atoms with Crippen LogP contribution in [-0.4, -0.2) is 40.0 Å². The van der Waals surface area contributed by atoms with Gasteiger partial charge in [0.1, 0.15) is 5.51 Å². The predicted molar refractivity (Wildman–Crippen MR) is 77.3 cm³/mol. The summed E-state index contributed by atoms with van der Waals surface area (Å²) in [5, 5.41) is 10.8. The number of nitrogens with zero attached hydrogens (tertiary/aromatic N) is 3. The molecular weight excluding hydrogens is 276 g/mol. The third-order valence-corrected chi connectivity index (χ3v) is 3.92. The van der Waals surface area contributed by atoms with Crippen LogP contribution in [0.3, 0.4) is 0 Å². The molecule has 0 spiro atoms. The smallest absolute Gasteiger partial charge is 0.231 e. The van der Waals surface area contributed by atoms with Gasteiger partial charge in [-0.05, 0) is 12.8 Å². The molecule has 1 fully saturated rings. The van der Waals surface area contributed by atoms with E-state index in [0.29, 0.717) is 11.7 Å². The van der Waals surface area contributed by atoms with Gasteiger partial charge in [-0.1, -0.05) is 32.1 Å². The van der Waals surface area contributed by atoms with Crippen molar-refractivity contribution >= 4 is 28.3 Å². The molecule has 1 N–H and O–H groups in total. The number of hydrogen-bond donors (Lipinski definition) is 1. The molecule has 20 heavy (non-hydrogen) atoms. The van der Waals surface area contributed by atoms with E-state index in [1.165, 1.54) is 11.3 Å². The lowest BCUT2D eigenvalue weighted by molar-refractivity contribution is -0.142. The fourth-order valence-electron chi connectivity index (χ4n) is 2.28. The second-order valence-corrected chi connectivity index (χ2v) is 6.91. The highest BCUT2D eigenvalue weighted by atomic mass is 32.1. The molecule has 2 heterocycles. The summed E-state index contributed by atoms with van der Waals surface area (Å²) < 4.78 is 0. The molecule has 7 heteroatoms. The average Bonchev–Trinajstić information content (AvgIpc) is 2.89. The first-order chi connectivity index (χ1) is 9.38. The average molecular weight is 296 g/mol. The van der Waals surface area contributed by atoms with Gasteiger partial charge in [0, 0.05) is 18.5 Å². The summed E-state index contributed by atoms with van der Waals surface area (Å²) in [4.78, 5) is 26.3. The van der Waals surface area contributed by atoms with E-state index in [1.54, 1.807) is 10.4 Å². The second kappa shape index (κ2) is 5.87. The van der Waals surface area contributed by atoms with Gasteiger partial charge in [0.05, 0.1) is 5.92 Å². The molecule has 1 saturated heterocycles. The van der Waals surface area contributed by atoms with Gasteiger partial charge in [-0.25, -0.2) is 0 Å². The molecule has 0 aromatic carbocycles. The van der Waals surface area contributed by atoms with Crippen molar-refractivity contribution in [2.75, 3.05) is 18.4 Å². The van der Waals surface area contributed by atoms with Gasteiger partial charge in [0.25, 0.3) is 0 Å². The van der Waals surface area contributed by atoms with E-state index in [0.717, 1.165) is 19.4 Å². The van der Waals surface area contributed by atoms with Gasteiger partial charge < -0.3 is 10.2 Å². The molecular formula is C13H20N4O2S. The quantitative estimate of drug-likeness (QED) is 0.902. The van der Waals surface area contributed by atoms with Crippen LogP contribution in [0, 0.1) is 11.3 Å². The highest BCUT2D eigenvalue weighted by Gasteiger charge is 2.33. The number of hydrogen-bond acceptors (Lipinski definition) is 5. The van der Waals surface area contributed by atoms with Crippen LogP contribution >= 0.6 is 11.3 Å². The first-order valence-electron chi connectivity index (χ1n) is 6.74. The maximum atomic E-state index is 12.3. The summed E-state index contributed by atoms with van der Waals surface area (Å²) in [5.74, 6) is -0.141. The van der Waals surface area contributed by atoms with E-state index in [-0.39, 0.29) is 17.7 Å². The SMILES string of the molecule is CC(C)(C)C(=O)N1CCCC(C(=O)Nc2nncs2)C1. The van der Waals surface area contributed by atoms with Crippen molar-refractivity contribution in [2.24, 2.45) is 11.3 Å². The maximum absolute atomic E-state index is 12.3. The van der Waals surface area contributed by atoms with Gasteiger partial charge in [0.2, 0.25) is 16.9 Å². The van der Waals surface area contributed by atoms with Crippen molar-refractivity contribution in [3.63, 3.8) is 0 Å². The van der Waals surface area contributed by atoms with E-state index in [2.05, 4.69) is 15.5 Å². The zero-order valence-electron chi connectivity index (χ0n) is 12.0. The van der Waals surface area contributed by atoms with Crippen LogP contribution in [0.4, 0.5) is 5.13 Å². The minimum Gasteiger partial charge on any atom is -0.341 e. The van der Waals surface area contributed by atoms with E-state index in [4.69, 9.17) is 0 Å². The fraction of sp³-hybridized carbons (Fsp3) is 0.692. The maximum Gasteiger partial charge on any atom is 0.231 e. The third kappa shape index (κ3) is 3.53. The summed E-state index contributed by atoms with van der Waals surface area (Å²) in [6.45, 7) is 6.93. The van der Waals surface area contributed by atoms with E-state index in [9.17, 15) is 9.59 Å². The number of amides is 2. The van der Waals surface area contributed by atoms with Crippen LogP contribution < -0.4 is 5.32 Å². The number of carbonyl (C=O) groups excluding carboxylic acids is 2. The number of aromatic nitrogens is 2. The van der Waals surface area contributed by atoms with Crippen molar-refractivity contribution in [2.45, 2.75) is 33.6 Å². The monoisotopic (exact) mass is 296 g/mol. The summed E-state index contributed by atoms with van der Waals surface area (Å²) in [7, 11) is 0. The Morgan fingerprint density at radius 1 is 1.45 bits per heavy atom. The summed E-state index contributed by atoms with van der Waals surface area (Å²) in [6.07, 6.45) is 1.66. The predicted octanol–water partition coefficient (Wildman–Crippen LogP) is 1.76. The largest absolute Gasteiger partial charge is 0.341 e. The lowest BCUT2D eigenvalue weighted by Gasteiger charge is -2.35. The molecule has 0 bridgehead atoms. The minimum absolute atomic E-state index is 0.0758. The molecule has 0 aliphatic carbocycles. The summed E-state index contributed by atoms with van der Waals surface area (Å²) >= 11 is 1.29. The Kier molecular flexibility index (Phi) is 4.37. The zero-order chi connectivity index (χ0) is 14.8. The van der Waals surface area contributed by atoms with Gasteiger partial charge >= 0.3 is 0 Å². The topological polar surface area (TPSA) is 75.2 Å². The first kappa shape index (κ1) is 14.9. The molecule has 0 saturated carbocycles. The van der Waals surface area contributed by atoms with E-state index < -0.39 is 5.41 Å². The molecule has 1 aromatic heterocycles. The van der Waals surface area contributed by atoms with Gasteiger partial charge in [0.15, 0.2) is 0 Å². The minimum atomic E-state index is -0.405. The highest BCUT2D eigenvalue weighted by Crippen LogP contribution is 2.24. The highest BCUT2D eigenvalue weighted by molar-refractivity contribution is 7.13. The molecule has 1 atom stereocenters. The van der Waals surface area contributed by atoms with Crippen molar-refractivity contribution in [3.05, 3.63) is 5.51 Å². The number of carbonyl (C=O) groups is 2. The fourth-order valence-corrected chi connectivity index (χ4v) is 2.73. The Bertz CT molecular complexity index is 481. The van der Waals surface area contributed by atoms with E-state index in [1.807, 2.05) is 20.8 Å². The van der Waals surface area contributed by atoms with Crippen LogP contribution in [-0.2, 0) is 9.59 Å². The number of nitrogens with one attached hydrogen (secondary N) is 1. The van der Waals surface area contributed by atoms with Gasteiger partial charge in [-0.2, -0.15) is 0 Å². The number of rotatable bonds is 2. The third-order valence-electron chi connectivity index (χ3n) is 3.31. The molecule has 1 aliphatic rings. The van der Waals surface area contributed by atoms with Crippen molar-refractivity contribution in [1.82, 2.24) is 15.1 Å². The van der Waals surface area contributed by atoms with Gasteiger partial charge in [-0.15, -0.1) is 10.2 Å². The molecule has 2 amide bonds. The molecule has 2 rings (SSSR count). The van der Waals surface area contributed by atoms with Crippen LogP contribution in [0.15, 0.2) is 5.51 Å². The lowest BCUT2D eigenvalue weighted by Crippen LogP contribution is -2.47. The molecule has 1 aliphatic heterocycles. The second-order valence-electron chi connectivity index (χ2n) is 6.07. The Morgan fingerprint density at radius 3 is 2.80 bits per heavy atom. The van der Waals surface area contributed by atoms with Crippen molar-refractivity contribution in [3.8, 4) is 0 Å². The van der Waals surface area contributed by atoms with Crippen LogP contribution in [0.25, 0.3) is 0 Å². The van der Waals surface area contributed by atoms with Gasteiger partial charge in [-0.3, -0.25) is 9.59 Å². The Labute approximate surface area is 122 Å². The lowest BCUT2D eigenvalue weighted by atomic mass is 9.91. The standard InChI is InChI=1S/C13H20N4O2S/c1-13(2,3)11(19)17-6-4-5-9(7-17)10(18)15-12-16-14-8-20-12/h8-9H,4-7H2,1-3H3,(H,15,16,18). The summed E-state index contributed by atoms with van der Waals surface area (Å²) in [6, 6.07) is 0. The van der Waals surface area contributed by atoms with Crippen LogP contribution in [0.2, 0.25) is 0 Å². The molecule has 110 valence electrons. The number of anilines is 1. The summed E-state index contributed by atoms with van der Waals surface area (Å²) in [5.41, 5.74) is 1.17. The Balaban J connectivity index is 1.96. The normalized spacial score (nSPS) is 19.8. The number of likely N-dealkylation sites (tertiary alicyclic amines) is 1.